The summed E-state index contributed by atoms with van der Waals surface area (Å²) in [6, 6.07) is 0.715. The van der Waals surface area contributed by atoms with Crippen LogP contribution in [0.1, 0.15) is 39.5 Å². The third-order valence-electron chi connectivity index (χ3n) is 3.57. The Bertz CT molecular complexity index is 240. The molecule has 0 radical (unpaired) electrons. The normalized spacial score (nSPS) is 30.5. The highest BCUT2D eigenvalue weighted by Crippen LogP contribution is 2.21. The molecule has 1 saturated heterocycles. The van der Waals surface area contributed by atoms with Crippen LogP contribution < -0.4 is 5.32 Å². The highest BCUT2D eigenvalue weighted by molar-refractivity contribution is 5.76. The predicted octanol–water partition coefficient (Wildman–Crippen LogP) is 1.63. The van der Waals surface area contributed by atoms with Crippen molar-refractivity contribution in [2.24, 2.45) is 11.8 Å². The number of amides is 1. The maximum atomic E-state index is 12.0. The average Bonchev–Trinajstić information content (AvgIpc) is 3.00. The summed E-state index contributed by atoms with van der Waals surface area (Å²) in [6.45, 7) is 7.29. The van der Waals surface area contributed by atoms with E-state index in [-0.39, 0.29) is 0 Å². The lowest BCUT2D eigenvalue weighted by atomic mass is 9.92. The van der Waals surface area contributed by atoms with E-state index in [0.29, 0.717) is 30.2 Å². The van der Waals surface area contributed by atoms with Crippen molar-refractivity contribution in [2.75, 3.05) is 19.6 Å². The van der Waals surface area contributed by atoms with Crippen molar-refractivity contribution in [3.05, 3.63) is 0 Å². The summed E-state index contributed by atoms with van der Waals surface area (Å²) in [5, 5.41) is 3.40. The maximum Gasteiger partial charge on any atom is 0.223 e. The molecule has 0 aromatic heterocycles. The average molecular weight is 224 g/mol. The summed E-state index contributed by atoms with van der Waals surface area (Å²) in [6.07, 6.45) is 4.54. The highest BCUT2D eigenvalue weighted by atomic mass is 16.2. The van der Waals surface area contributed by atoms with E-state index in [9.17, 15) is 4.79 Å². The van der Waals surface area contributed by atoms with Gasteiger partial charge in [0, 0.05) is 32.1 Å². The summed E-state index contributed by atoms with van der Waals surface area (Å²) in [4.78, 5) is 14.0. The van der Waals surface area contributed by atoms with Crippen LogP contribution in [0, 0.1) is 11.8 Å². The van der Waals surface area contributed by atoms with Crippen molar-refractivity contribution in [1.29, 1.82) is 0 Å². The Morgan fingerprint density at radius 2 is 1.88 bits per heavy atom. The van der Waals surface area contributed by atoms with Crippen LogP contribution in [0.15, 0.2) is 0 Å². The Morgan fingerprint density at radius 1 is 1.25 bits per heavy atom. The molecule has 3 nitrogen and oxygen atoms in total. The monoisotopic (exact) mass is 224 g/mol. The lowest BCUT2D eigenvalue weighted by molar-refractivity contribution is -0.133. The first-order chi connectivity index (χ1) is 7.65. The van der Waals surface area contributed by atoms with E-state index in [1.807, 2.05) is 0 Å². The number of nitrogens with zero attached hydrogens (tertiary/aromatic N) is 1. The molecule has 0 aromatic rings. The van der Waals surface area contributed by atoms with Crippen LogP contribution >= 0.6 is 0 Å². The highest BCUT2D eigenvalue weighted by Gasteiger charge is 2.25. The number of rotatable bonds is 4. The minimum absolute atomic E-state index is 0.339. The number of nitrogens with one attached hydrogen (secondary N) is 1. The molecule has 1 N–H and O–H groups in total. The van der Waals surface area contributed by atoms with Gasteiger partial charge in [0.25, 0.3) is 0 Å². The molecule has 1 aliphatic carbocycles. The molecule has 2 unspecified atom stereocenters. The summed E-state index contributed by atoms with van der Waals surface area (Å²) >= 11 is 0. The van der Waals surface area contributed by atoms with Gasteiger partial charge in [0.05, 0.1) is 0 Å². The maximum absolute atomic E-state index is 12.0. The molecule has 3 heteroatoms. The lowest BCUT2D eigenvalue weighted by Crippen LogP contribution is -2.43. The number of likely N-dealkylation sites (tertiary alicyclic amines) is 1. The van der Waals surface area contributed by atoms with Gasteiger partial charge in [-0.25, -0.2) is 0 Å². The van der Waals surface area contributed by atoms with E-state index >= 15 is 0 Å². The first kappa shape index (κ1) is 11.9. The first-order valence-electron chi connectivity index (χ1n) is 6.66. The third kappa shape index (κ3) is 3.48. The zero-order chi connectivity index (χ0) is 11.5. The largest absolute Gasteiger partial charge is 0.342 e. The molecule has 0 aromatic carbocycles. The molecular weight excluding hydrogens is 200 g/mol. The van der Waals surface area contributed by atoms with Crippen molar-refractivity contribution < 1.29 is 4.79 Å². The quantitative estimate of drug-likeness (QED) is 0.787. The Kier molecular flexibility index (Phi) is 3.85. The van der Waals surface area contributed by atoms with Gasteiger partial charge in [-0.3, -0.25) is 4.79 Å². The van der Waals surface area contributed by atoms with Gasteiger partial charge >= 0.3 is 0 Å². The molecule has 0 bridgehead atoms. The molecule has 2 rings (SSSR count). The lowest BCUT2D eigenvalue weighted by Gasteiger charge is -2.35. The van der Waals surface area contributed by atoms with Gasteiger partial charge in [-0.2, -0.15) is 0 Å². The van der Waals surface area contributed by atoms with Crippen molar-refractivity contribution in [3.8, 4) is 0 Å². The van der Waals surface area contributed by atoms with E-state index in [0.717, 1.165) is 19.6 Å². The third-order valence-corrected chi connectivity index (χ3v) is 3.57. The van der Waals surface area contributed by atoms with E-state index in [2.05, 4.69) is 24.1 Å². The van der Waals surface area contributed by atoms with Gasteiger partial charge in [-0.05, 0) is 31.1 Å². The Balaban J connectivity index is 1.69. The summed E-state index contributed by atoms with van der Waals surface area (Å²) in [7, 11) is 0. The molecule has 0 spiro atoms. The van der Waals surface area contributed by atoms with Gasteiger partial charge in [0.15, 0.2) is 0 Å². The fraction of sp³-hybridized carbons (Fsp3) is 0.923. The van der Waals surface area contributed by atoms with Crippen LogP contribution in [-0.2, 0) is 4.79 Å². The Morgan fingerprint density at radius 3 is 2.44 bits per heavy atom. The smallest absolute Gasteiger partial charge is 0.223 e. The molecule has 1 amide bonds. The van der Waals surface area contributed by atoms with Gasteiger partial charge in [-0.1, -0.05) is 13.8 Å². The fourth-order valence-electron chi connectivity index (χ4n) is 2.70. The topological polar surface area (TPSA) is 32.3 Å². The molecule has 1 heterocycles. The fourth-order valence-corrected chi connectivity index (χ4v) is 2.70. The molecular formula is C13H24N2O. The minimum Gasteiger partial charge on any atom is -0.342 e. The summed E-state index contributed by atoms with van der Waals surface area (Å²) < 4.78 is 0. The van der Waals surface area contributed by atoms with Crippen LogP contribution in [0.25, 0.3) is 0 Å². The SMILES string of the molecule is CC1CC(C)CN(C(=O)CCNC2CC2)C1. The second-order valence-corrected chi connectivity index (χ2v) is 5.72. The van der Waals surface area contributed by atoms with Gasteiger partial charge < -0.3 is 10.2 Å². The van der Waals surface area contributed by atoms with Crippen molar-refractivity contribution in [3.63, 3.8) is 0 Å². The van der Waals surface area contributed by atoms with E-state index in [1.165, 1.54) is 19.3 Å². The van der Waals surface area contributed by atoms with Crippen LogP contribution in [0.3, 0.4) is 0 Å². The van der Waals surface area contributed by atoms with E-state index < -0.39 is 0 Å². The summed E-state index contributed by atoms with van der Waals surface area (Å²) in [5.41, 5.74) is 0. The molecule has 92 valence electrons. The Labute approximate surface area is 98.6 Å². The van der Waals surface area contributed by atoms with Crippen molar-refractivity contribution in [2.45, 2.75) is 45.6 Å². The van der Waals surface area contributed by atoms with Crippen molar-refractivity contribution >= 4 is 5.91 Å². The molecule has 2 atom stereocenters. The Hall–Kier alpha value is -0.570. The van der Waals surface area contributed by atoms with Gasteiger partial charge in [0.1, 0.15) is 0 Å². The number of hydrogen-bond acceptors (Lipinski definition) is 2. The predicted molar refractivity (Wildman–Crippen MR) is 65.2 cm³/mol. The molecule has 2 aliphatic rings. The van der Waals surface area contributed by atoms with E-state index in [4.69, 9.17) is 0 Å². The van der Waals surface area contributed by atoms with Gasteiger partial charge in [0.2, 0.25) is 5.91 Å². The molecule has 2 fully saturated rings. The standard InChI is InChI=1S/C13H24N2O/c1-10-7-11(2)9-15(8-10)13(16)5-6-14-12-3-4-12/h10-12,14H,3-9H2,1-2H3. The molecule has 16 heavy (non-hydrogen) atoms. The first-order valence-corrected chi connectivity index (χ1v) is 6.66. The van der Waals surface area contributed by atoms with Crippen LogP contribution in [0.4, 0.5) is 0 Å². The number of hydrogen-bond donors (Lipinski definition) is 1. The number of piperidine rings is 1. The molecule has 1 aliphatic heterocycles. The summed E-state index contributed by atoms with van der Waals surface area (Å²) in [5.74, 6) is 1.68. The van der Waals surface area contributed by atoms with Crippen LogP contribution in [-0.4, -0.2) is 36.5 Å². The second kappa shape index (κ2) is 5.17. The number of carbonyl (C=O) groups excluding carboxylic acids is 1. The molecule has 1 saturated carbocycles. The number of carbonyl (C=O) groups is 1. The van der Waals surface area contributed by atoms with Crippen molar-refractivity contribution in [1.82, 2.24) is 10.2 Å². The minimum atomic E-state index is 0.339. The van der Waals surface area contributed by atoms with Gasteiger partial charge in [-0.15, -0.1) is 0 Å². The van der Waals surface area contributed by atoms with E-state index in [1.54, 1.807) is 0 Å². The second-order valence-electron chi connectivity index (χ2n) is 5.72. The van der Waals surface area contributed by atoms with Crippen LogP contribution in [0.5, 0.6) is 0 Å². The zero-order valence-electron chi connectivity index (χ0n) is 10.5. The zero-order valence-corrected chi connectivity index (χ0v) is 10.5. The van der Waals surface area contributed by atoms with Crippen LogP contribution in [0.2, 0.25) is 0 Å².